The number of hydrogen-bond acceptors (Lipinski definition) is 4. The van der Waals surface area contributed by atoms with E-state index in [2.05, 4.69) is 10.1 Å². The van der Waals surface area contributed by atoms with E-state index in [0.717, 1.165) is 22.6 Å². The molecule has 1 aromatic rings. The molecule has 1 aromatic carbocycles. The Kier molecular flexibility index (Phi) is 5.30. The van der Waals surface area contributed by atoms with Crippen molar-refractivity contribution in [3.05, 3.63) is 23.3 Å². The van der Waals surface area contributed by atoms with Crippen molar-refractivity contribution in [3.8, 4) is 11.5 Å². The van der Waals surface area contributed by atoms with Gasteiger partial charge >= 0.3 is 6.09 Å². The third-order valence-electron chi connectivity index (χ3n) is 2.71. The number of ether oxygens (including phenoxy) is 3. The first-order chi connectivity index (χ1) is 8.63. The molecule has 0 aliphatic rings. The average molecular weight is 253 g/mol. The molecule has 0 saturated carbocycles. The van der Waals surface area contributed by atoms with E-state index in [4.69, 9.17) is 9.47 Å². The van der Waals surface area contributed by atoms with Gasteiger partial charge in [0.05, 0.1) is 21.3 Å². The lowest BCUT2D eigenvalue weighted by Gasteiger charge is -2.14. The van der Waals surface area contributed by atoms with E-state index in [0.29, 0.717) is 13.0 Å². The molecule has 0 unspecified atom stereocenters. The van der Waals surface area contributed by atoms with Gasteiger partial charge in [0.1, 0.15) is 11.5 Å². The van der Waals surface area contributed by atoms with Gasteiger partial charge in [-0.15, -0.1) is 0 Å². The minimum atomic E-state index is -0.431. The van der Waals surface area contributed by atoms with Gasteiger partial charge in [-0.1, -0.05) is 6.07 Å². The van der Waals surface area contributed by atoms with E-state index in [9.17, 15) is 4.79 Å². The lowest BCUT2D eigenvalue weighted by Crippen LogP contribution is -2.25. The maximum Gasteiger partial charge on any atom is 0.406 e. The van der Waals surface area contributed by atoms with Crippen LogP contribution in [0.4, 0.5) is 4.79 Å². The minimum absolute atomic E-state index is 0.431. The Morgan fingerprint density at radius 2 is 1.94 bits per heavy atom. The molecule has 0 atom stereocenters. The Bertz CT molecular complexity index is 418. The number of benzene rings is 1. The maximum atomic E-state index is 10.9. The van der Waals surface area contributed by atoms with Crippen molar-refractivity contribution in [2.24, 2.45) is 0 Å². The highest BCUT2D eigenvalue weighted by Crippen LogP contribution is 2.31. The van der Waals surface area contributed by atoms with Crippen molar-refractivity contribution in [1.29, 1.82) is 0 Å². The highest BCUT2D eigenvalue weighted by atomic mass is 16.5. The number of methoxy groups -OCH3 is 3. The smallest absolute Gasteiger partial charge is 0.406 e. The molecule has 0 aliphatic carbocycles. The molecule has 0 fully saturated rings. The number of amides is 1. The number of carbonyl (C=O) groups excluding carboxylic acids is 1. The van der Waals surface area contributed by atoms with Crippen molar-refractivity contribution >= 4 is 6.09 Å². The monoisotopic (exact) mass is 253 g/mol. The van der Waals surface area contributed by atoms with Crippen LogP contribution in [0.3, 0.4) is 0 Å². The van der Waals surface area contributed by atoms with Crippen LogP contribution in [0.5, 0.6) is 11.5 Å². The van der Waals surface area contributed by atoms with Crippen molar-refractivity contribution in [1.82, 2.24) is 5.32 Å². The van der Waals surface area contributed by atoms with Crippen molar-refractivity contribution in [2.75, 3.05) is 27.9 Å². The molecule has 0 aliphatic heterocycles. The second kappa shape index (κ2) is 6.74. The fourth-order valence-corrected chi connectivity index (χ4v) is 1.80. The van der Waals surface area contributed by atoms with Gasteiger partial charge in [0, 0.05) is 12.1 Å². The van der Waals surface area contributed by atoms with Gasteiger partial charge in [0.2, 0.25) is 0 Å². The van der Waals surface area contributed by atoms with Gasteiger partial charge < -0.3 is 19.5 Å². The van der Waals surface area contributed by atoms with Gasteiger partial charge in [-0.3, -0.25) is 0 Å². The Morgan fingerprint density at radius 1 is 1.22 bits per heavy atom. The normalized spacial score (nSPS) is 9.78. The Morgan fingerprint density at radius 3 is 2.50 bits per heavy atom. The molecule has 0 spiro atoms. The number of alkyl carbamates (subject to hydrolysis) is 1. The van der Waals surface area contributed by atoms with Gasteiger partial charge in [-0.05, 0) is 25.0 Å². The number of hydrogen-bond donors (Lipinski definition) is 1. The summed E-state index contributed by atoms with van der Waals surface area (Å²) in [5.74, 6) is 1.58. The highest BCUT2D eigenvalue weighted by molar-refractivity contribution is 5.66. The Labute approximate surface area is 107 Å². The molecule has 18 heavy (non-hydrogen) atoms. The van der Waals surface area contributed by atoms with Crippen molar-refractivity contribution in [3.63, 3.8) is 0 Å². The van der Waals surface area contributed by atoms with Crippen LogP contribution in [0.25, 0.3) is 0 Å². The first-order valence-corrected chi connectivity index (χ1v) is 5.66. The summed E-state index contributed by atoms with van der Waals surface area (Å²) in [6.07, 6.45) is 0.238. The van der Waals surface area contributed by atoms with Gasteiger partial charge in [-0.25, -0.2) is 4.79 Å². The molecule has 5 heteroatoms. The summed E-state index contributed by atoms with van der Waals surface area (Å²) < 4.78 is 15.1. The lowest BCUT2D eigenvalue weighted by molar-refractivity contribution is 0.171. The van der Waals surface area contributed by atoms with E-state index in [-0.39, 0.29) is 0 Å². The Hall–Kier alpha value is -1.91. The number of rotatable bonds is 5. The molecule has 0 saturated heterocycles. The molecule has 0 radical (unpaired) electrons. The summed E-state index contributed by atoms with van der Waals surface area (Å²) >= 11 is 0. The summed E-state index contributed by atoms with van der Waals surface area (Å²) in [4.78, 5) is 10.9. The highest BCUT2D eigenvalue weighted by Gasteiger charge is 2.11. The third-order valence-corrected chi connectivity index (χ3v) is 2.71. The fourth-order valence-electron chi connectivity index (χ4n) is 1.80. The minimum Gasteiger partial charge on any atom is -0.496 e. The van der Waals surface area contributed by atoms with Crippen LogP contribution in [0.1, 0.15) is 11.1 Å². The van der Waals surface area contributed by atoms with Crippen molar-refractivity contribution in [2.45, 2.75) is 13.3 Å². The van der Waals surface area contributed by atoms with Crippen molar-refractivity contribution < 1.29 is 19.0 Å². The van der Waals surface area contributed by atoms with Crippen LogP contribution in [0.2, 0.25) is 0 Å². The zero-order valence-corrected chi connectivity index (χ0v) is 11.2. The Balaban J connectivity index is 2.77. The van der Waals surface area contributed by atoms with Crippen LogP contribution < -0.4 is 14.8 Å². The number of carbonyl (C=O) groups is 1. The maximum absolute atomic E-state index is 10.9. The van der Waals surface area contributed by atoms with Gasteiger partial charge in [0.25, 0.3) is 0 Å². The first kappa shape index (κ1) is 14.2. The van der Waals surface area contributed by atoms with Crippen LogP contribution >= 0.6 is 0 Å². The van der Waals surface area contributed by atoms with Crippen LogP contribution in [0.15, 0.2) is 12.1 Å². The fraction of sp³-hybridized carbons (Fsp3) is 0.462. The first-order valence-electron chi connectivity index (χ1n) is 5.66. The topological polar surface area (TPSA) is 56.8 Å². The average Bonchev–Trinajstić information content (AvgIpc) is 2.39. The van der Waals surface area contributed by atoms with Crippen LogP contribution in [-0.4, -0.2) is 34.0 Å². The van der Waals surface area contributed by atoms with E-state index in [1.54, 1.807) is 14.2 Å². The van der Waals surface area contributed by atoms with Crippen LogP contribution in [0, 0.1) is 6.92 Å². The molecule has 5 nitrogen and oxygen atoms in total. The van der Waals surface area contributed by atoms with E-state index in [1.807, 2.05) is 19.1 Å². The molecule has 1 N–H and O–H groups in total. The zero-order valence-electron chi connectivity index (χ0n) is 11.2. The second-order valence-corrected chi connectivity index (χ2v) is 3.75. The molecule has 1 amide bonds. The predicted octanol–water partition coefficient (Wildman–Crippen LogP) is 1.91. The van der Waals surface area contributed by atoms with E-state index >= 15 is 0 Å². The summed E-state index contributed by atoms with van der Waals surface area (Å²) in [5.41, 5.74) is 1.97. The van der Waals surface area contributed by atoms with Gasteiger partial charge in [0.15, 0.2) is 0 Å². The van der Waals surface area contributed by atoms with Crippen LogP contribution in [-0.2, 0) is 11.2 Å². The zero-order chi connectivity index (χ0) is 13.5. The lowest BCUT2D eigenvalue weighted by atomic mass is 10.1. The van der Waals surface area contributed by atoms with E-state index in [1.165, 1.54) is 7.11 Å². The summed E-state index contributed by atoms with van der Waals surface area (Å²) in [5, 5.41) is 2.63. The summed E-state index contributed by atoms with van der Waals surface area (Å²) in [6, 6.07) is 3.83. The molecule has 0 heterocycles. The predicted molar refractivity (Wildman–Crippen MR) is 68.4 cm³/mol. The van der Waals surface area contributed by atoms with Gasteiger partial charge in [-0.2, -0.15) is 0 Å². The quantitative estimate of drug-likeness (QED) is 0.871. The number of nitrogens with one attached hydrogen (secondary N) is 1. The van der Waals surface area contributed by atoms with E-state index < -0.39 is 6.09 Å². The molecular formula is C13H19NO4. The summed E-state index contributed by atoms with van der Waals surface area (Å²) in [6.45, 7) is 2.43. The molecule has 0 bridgehead atoms. The molecular weight excluding hydrogens is 234 g/mol. The largest absolute Gasteiger partial charge is 0.496 e. The SMILES string of the molecule is COC(=O)NCCc1ccc(OC)c(C)c1OC. The molecule has 0 aromatic heterocycles. The molecule has 1 rings (SSSR count). The standard InChI is InChI=1S/C13H19NO4/c1-9-11(16-2)6-5-10(12(9)17-3)7-8-14-13(15)18-4/h5-6H,7-8H2,1-4H3,(H,14,15). The third kappa shape index (κ3) is 3.29. The summed E-state index contributed by atoms with van der Waals surface area (Å²) in [7, 11) is 4.59. The molecule has 100 valence electrons. The second-order valence-electron chi connectivity index (χ2n) is 3.75.